The van der Waals surface area contributed by atoms with E-state index in [4.69, 9.17) is 0 Å². The van der Waals surface area contributed by atoms with Crippen LogP contribution in [-0.4, -0.2) is 23.1 Å². The van der Waals surface area contributed by atoms with E-state index in [2.05, 4.69) is 37.8 Å². The van der Waals surface area contributed by atoms with Crippen LogP contribution in [0.15, 0.2) is 0 Å². The number of rotatable bonds is 2. The molecular weight excluding hydrogens is 190 g/mol. The Labute approximate surface area is 92.4 Å². The van der Waals surface area contributed by atoms with Crippen LogP contribution in [0.25, 0.3) is 0 Å². The van der Waals surface area contributed by atoms with E-state index < -0.39 is 0 Å². The van der Waals surface area contributed by atoms with Crippen molar-refractivity contribution in [2.75, 3.05) is 5.75 Å². The predicted octanol–water partition coefficient (Wildman–Crippen LogP) is 2.90. The average molecular weight is 213 g/mol. The van der Waals surface area contributed by atoms with Crippen molar-refractivity contribution in [3.63, 3.8) is 0 Å². The molecule has 1 N–H and O–H groups in total. The number of nitrogens with one attached hydrogen (secondary N) is 1. The first kappa shape index (κ1) is 10.8. The summed E-state index contributed by atoms with van der Waals surface area (Å²) in [6.07, 6.45) is 4.20. The van der Waals surface area contributed by atoms with Crippen LogP contribution in [0.5, 0.6) is 0 Å². The van der Waals surface area contributed by atoms with Gasteiger partial charge in [-0.1, -0.05) is 20.8 Å². The lowest BCUT2D eigenvalue weighted by Crippen LogP contribution is -2.54. The summed E-state index contributed by atoms with van der Waals surface area (Å²) in [5.41, 5.74) is 0. The summed E-state index contributed by atoms with van der Waals surface area (Å²) in [5, 5.41) is 4.69. The smallest absolute Gasteiger partial charge is 0.0186 e. The van der Waals surface area contributed by atoms with Gasteiger partial charge in [-0.05, 0) is 36.9 Å². The van der Waals surface area contributed by atoms with E-state index >= 15 is 0 Å². The van der Waals surface area contributed by atoms with Gasteiger partial charge in [0.05, 0.1) is 0 Å². The minimum Gasteiger partial charge on any atom is -0.310 e. The quantitative estimate of drug-likeness (QED) is 0.757. The van der Waals surface area contributed by atoms with E-state index in [0.29, 0.717) is 0 Å². The summed E-state index contributed by atoms with van der Waals surface area (Å²) in [6.45, 7) is 7.16. The first-order valence-electron chi connectivity index (χ1n) is 6.06. The van der Waals surface area contributed by atoms with Crippen molar-refractivity contribution in [1.29, 1.82) is 0 Å². The molecule has 2 fully saturated rings. The van der Waals surface area contributed by atoms with Crippen LogP contribution in [0.3, 0.4) is 0 Å². The lowest BCUT2D eigenvalue weighted by molar-refractivity contribution is 0.123. The Balaban J connectivity index is 1.79. The van der Waals surface area contributed by atoms with Crippen LogP contribution >= 0.6 is 11.8 Å². The summed E-state index contributed by atoms with van der Waals surface area (Å²) >= 11 is 2.14. The second kappa shape index (κ2) is 4.44. The second-order valence-corrected chi connectivity index (χ2v) is 6.66. The van der Waals surface area contributed by atoms with Crippen molar-refractivity contribution in [1.82, 2.24) is 5.32 Å². The molecule has 2 aliphatic rings. The Morgan fingerprint density at radius 1 is 1.14 bits per heavy atom. The average Bonchev–Trinajstić information content (AvgIpc) is 2.20. The molecule has 0 radical (unpaired) electrons. The van der Waals surface area contributed by atoms with Crippen LogP contribution < -0.4 is 5.32 Å². The largest absolute Gasteiger partial charge is 0.310 e. The first-order valence-corrected chi connectivity index (χ1v) is 7.11. The van der Waals surface area contributed by atoms with Gasteiger partial charge >= 0.3 is 0 Å². The molecule has 1 saturated carbocycles. The summed E-state index contributed by atoms with van der Waals surface area (Å²) in [4.78, 5) is 0. The molecule has 1 aliphatic carbocycles. The molecule has 2 heteroatoms. The van der Waals surface area contributed by atoms with E-state index in [-0.39, 0.29) is 0 Å². The van der Waals surface area contributed by atoms with Gasteiger partial charge in [0.15, 0.2) is 0 Å². The zero-order valence-corrected chi connectivity index (χ0v) is 10.4. The molecule has 5 atom stereocenters. The van der Waals surface area contributed by atoms with Crippen LogP contribution in [0.1, 0.15) is 40.0 Å². The van der Waals surface area contributed by atoms with E-state index in [9.17, 15) is 0 Å². The monoisotopic (exact) mass is 213 g/mol. The number of hydrogen-bond donors (Lipinski definition) is 1. The van der Waals surface area contributed by atoms with Gasteiger partial charge in [-0.15, -0.1) is 0 Å². The highest BCUT2D eigenvalue weighted by molar-refractivity contribution is 7.99. The fourth-order valence-corrected chi connectivity index (χ4v) is 3.82. The number of hydrogen-bond acceptors (Lipinski definition) is 2. The third-order valence-electron chi connectivity index (χ3n) is 4.19. The molecule has 1 heterocycles. The molecular formula is C12H23NS. The molecule has 1 aliphatic heterocycles. The Bertz CT molecular complexity index is 195. The van der Waals surface area contributed by atoms with Crippen molar-refractivity contribution in [2.45, 2.75) is 57.4 Å². The zero-order valence-electron chi connectivity index (χ0n) is 9.62. The van der Waals surface area contributed by atoms with Gasteiger partial charge in [-0.25, -0.2) is 0 Å². The van der Waals surface area contributed by atoms with E-state index in [1.54, 1.807) is 0 Å². The van der Waals surface area contributed by atoms with Crippen molar-refractivity contribution in [3.8, 4) is 0 Å². The maximum absolute atomic E-state index is 3.86. The fourth-order valence-electron chi connectivity index (χ4n) is 2.67. The Hall–Kier alpha value is 0.310. The Morgan fingerprint density at radius 3 is 2.50 bits per heavy atom. The molecule has 1 nitrogen and oxygen atoms in total. The number of thioether (sulfide) groups is 1. The van der Waals surface area contributed by atoms with Gasteiger partial charge < -0.3 is 5.32 Å². The summed E-state index contributed by atoms with van der Waals surface area (Å²) in [5.74, 6) is 3.21. The summed E-state index contributed by atoms with van der Waals surface area (Å²) < 4.78 is 0. The molecule has 0 aromatic rings. The maximum atomic E-state index is 3.86. The maximum Gasteiger partial charge on any atom is 0.0186 e. The van der Waals surface area contributed by atoms with E-state index in [1.165, 1.54) is 25.0 Å². The van der Waals surface area contributed by atoms with Gasteiger partial charge in [-0.2, -0.15) is 11.8 Å². The van der Waals surface area contributed by atoms with Crippen molar-refractivity contribution in [3.05, 3.63) is 0 Å². The SMILES string of the molecule is CC1CC(NC2CCCSC2C)C1C. The summed E-state index contributed by atoms with van der Waals surface area (Å²) in [7, 11) is 0. The van der Waals surface area contributed by atoms with Gasteiger partial charge in [0.25, 0.3) is 0 Å². The standard InChI is InChI=1S/C12H23NS/c1-8-7-12(9(8)2)13-11-5-4-6-14-10(11)3/h8-13H,4-7H2,1-3H3. The molecule has 0 amide bonds. The zero-order chi connectivity index (χ0) is 10.1. The molecule has 0 bridgehead atoms. The minimum absolute atomic E-state index is 0.786. The molecule has 0 aromatic carbocycles. The van der Waals surface area contributed by atoms with Crippen LogP contribution in [0, 0.1) is 11.8 Å². The topological polar surface area (TPSA) is 12.0 Å². The molecule has 5 unspecified atom stereocenters. The van der Waals surface area contributed by atoms with Crippen molar-refractivity contribution < 1.29 is 0 Å². The first-order chi connectivity index (χ1) is 6.68. The van der Waals surface area contributed by atoms with Gasteiger partial charge in [0.2, 0.25) is 0 Å². The Kier molecular flexibility index (Phi) is 3.43. The van der Waals surface area contributed by atoms with Gasteiger partial charge in [-0.3, -0.25) is 0 Å². The predicted molar refractivity (Wildman–Crippen MR) is 64.8 cm³/mol. The molecule has 0 aromatic heterocycles. The van der Waals surface area contributed by atoms with E-state index in [1.807, 2.05) is 0 Å². The molecule has 1 saturated heterocycles. The highest BCUT2D eigenvalue weighted by atomic mass is 32.2. The van der Waals surface area contributed by atoms with Crippen molar-refractivity contribution >= 4 is 11.8 Å². The second-order valence-electron chi connectivity index (χ2n) is 5.17. The molecule has 14 heavy (non-hydrogen) atoms. The van der Waals surface area contributed by atoms with Crippen LogP contribution in [0.2, 0.25) is 0 Å². The molecule has 82 valence electrons. The van der Waals surface area contributed by atoms with E-state index in [0.717, 1.165) is 29.2 Å². The fraction of sp³-hybridized carbons (Fsp3) is 1.00. The lowest BCUT2D eigenvalue weighted by Gasteiger charge is -2.45. The third-order valence-corrected chi connectivity index (χ3v) is 5.57. The van der Waals surface area contributed by atoms with Crippen LogP contribution in [0.4, 0.5) is 0 Å². The van der Waals surface area contributed by atoms with Gasteiger partial charge in [0.1, 0.15) is 0 Å². The molecule has 2 rings (SSSR count). The minimum atomic E-state index is 0.786. The highest BCUT2D eigenvalue weighted by Gasteiger charge is 2.36. The third kappa shape index (κ3) is 2.11. The van der Waals surface area contributed by atoms with Gasteiger partial charge in [0, 0.05) is 17.3 Å². The van der Waals surface area contributed by atoms with Crippen molar-refractivity contribution in [2.24, 2.45) is 11.8 Å². The highest BCUT2D eigenvalue weighted by Crippen LogP contribution is 2.35. The summed E-state index contributed by atoms with van der Waals surface area (Å²) in [6, 6.07) is 1.60. The normalized spacial score (nSPS) is 48.6. The van der Waals surface area contributed by atoms with Crippen LogP contribution in [-0.2, 0) is 0 Å². The Morgan fingerprint density at radius 2 is 1.93 bits per heavy atom. The molecule has 0 spiro atoms. The lowest BCUT2D eigenvalue weighted by atomic mass is 9.71.